The Hall–Kier alpha value is -2.51. The van der Waals surface area contributed by atoms with Gasteiger partial charge in [-0.05, 0) is 66.6 Å². The van der Waals surface area contributed by atoms with Gasteiger partial charge in [0.1, 0.15) is 5.82 Å². The van der Waals surface area contributed by atoms with Crippen LogP contribution < -0.4 is 9.47 Å². The number of amides is 2. The maximum atomic E-state index is 13.2. The lowest BCUT2D eigenvalue weighted by molar-refractivity contribution is -0.123. The Morgan fingerprint density at radius 1 is 1.20 bits per heavy atom. The van der Waals surface area contributed by atoms with Crippen molar-refractivity contribution in [3.63, 3.8) is 0 Å². The van der Waals surface area contributed by atoms with E-state index in [1.54, 1.807) is 31.4 Å². The summed E-state index contributed by atoms with van der Waals surface area (Å²) in [5, 5.41) is -0.241. The molecule has 1 heterocycles. The Labute approximate surface area is 183 Å². The van der Waals surface area contributed by atoms with Gasteiger partial charge in [0, 0.05) is 5.02 Å². The lowest BCUT2D eigenvalue weighted by Crippen LogP contribution is -2.27. The van der Waals surface area contributed by atoms with Crippen molar-refractivity contribution in [2.75, 3.05) is 7.11 Å². The van der Waals surface area contributed by atoms with Crippen molar-refractivity contribution in [1.29, 1.82) is 0 Å². The topological polar surface area (TPSA) is 55.8 Å². The van der Waals surface area contributed by atoms with Crippen LogP contribution in [0.15, 0.2) is 41.3 Å². The Morgan fingerprint density at radius 3 is 2.63 bits per heavy atom. The highest BCUT2D eigenvalue weighted by Crippen LogP contribution is 2.36. The van der Waals surface area contributed by atoms with Crippen molar-refractivity contribution < 1.29 is 23.5 Å². The van der Waals surface area contributed by atoms with Crippen molar-refractivity contribution in [1.82, 2.24) is 4.90 Å². The number of halogens is 2. The number of nitrogens with zero attached hydrogens (tertiary/aromatic N) is 1. The highest BCUT2D eigenvalue weighted by Gasteiger charge is 2.35. The highest BCUT2D eigenvalue weighted by atomic mass is 35.5. The predicted octanol–water partition coefficient (Wildman–Crippen LogP) is 5.90. The predicted molar refractivity (Wildman–Crippen MR) is 116 cm³/mol. The third-order valence-electron chi connectivity index (χ3n) is 4.61. The lowest BCUT2D eigenvalue weighted by atomic mass is 10.1. The molecule has 5 nitrogen and oxygen atoms in total. The molecule has 3 rings (SSSR count). The van der Waals surface area contributed by atoms with E-state index in [0.29, 0.717) is 22.6 Å². The fourth-order valence-electron chi connectivity index (χ4n) is 2.78. The van der Waals surface area contributed by atoms with E-state index in [4.69, 9.17) is 21.1 Å². The number of ether oxygens (including phenoxy) is 2. The van der Waals surface area contributed by atoms with Crippen LogP contribution in [0.5, 0.6) is 11.5 Å². The molecule has 2 aromatic rings. The first-order valence-electron chi connectivity index (χ1n) is 9.36. The summed E-state index contributed by atoms with van der Waals surface area (Å²) < 4.78 is 24.5. The quantitative estimate of drug-likeness (QED) is 0.492. The van der Waals surface area contributed by atoms with Gasteiger partial charge in [-0.3, -0.25) is 14.5 Å². The van der Waals surface area contributed by atoms with Crippen LogP contribution in [-0.2, 0) is 11.3 Å². The zero-order chi connectivity index (χ0) is 21.8. The number of carbonyl (C=O) groups is 2. The van der Waals surface area contributed by atoms with E-state index < -0.39 is 17.0 Å². The van der Waals surface area contributed by atoms with Crippen LogP contribution in [-0.4, -0.2) is 29.3 Å². The summed E-state index contributed by atoms with van der Waals surface area (Å²) >= 11 is 6.87. The van der Waals surface area contributed by atoms with Gasteiger partial charge in [0.25, 0.3) is 11.1 Å². The van der Waals surface area contributed by atoms with Gasteiger partial charge < -0.3 is 9.47 Å². The molecule has 2 amide bonds. The maximum Gasteiger partial charge on any atom is 0.293 e. The van der Waals surface area contributed by atoms with Gasteiger partial charge in [0.2, 0.25) is 0 Å². The Morgan fingerprint density at radius 2 is 1.97 bits per heavy atom. The zero-order valence-corrected chi connectivity index (χ0v) is 18.3. The molecular weight excluding hydrogens is 429 g/mol. The Kier molecular flexibility index (Phi) is 7.05. The van der Waals surface area contributed by atoms with Crippen LogP contribution in [0.4, 0.5) is 9.18 Å². The SMILES string of the molecule is CC[C@@H](C)Oc1ccc(/C=C2\SC(=O)N(Cc3ccc(F)cc3Cl)C2=O)cc1OC. The first-order chi connectivity index (χ1) is 14.3. The van der Waals surface area contributed by atoms with Gasteiger partial charge in [-0.25, -0.2) is 4.39 Å². The second-order valence-corrected chi connectivity index (χ2v) is 8.15. The molecule has 1 fully saturated rings. The monoisotopic (exact) mass is 449 g/mol. The van der Waals surface area contributed by atoms with Crippen LogP contribution in [0, 0.1) is 5.82 Å². The molecule has 0 bridgehead atoms. The molecule has 0 radical (unpaired) electrons. The van der Waals surface area contributed by atoms with E-state index in [9.17, 15) is 14.0 Å². The van der Waals surface area contributed by atoms with Gasteiger partial charge in [-0.15, -0.1) is 0 Å². The van der Waals surface area contributed by atoms with Gasteiger partial charge >= 0.3 is 0 Å². The summed E-state index contributed by atoms with van der Waals surface area (Å²) in [5.41, 5.74) is 1.20. The lowest BCUT2D eigenvalue weighted by Gasteiger charge is -2.16. The zero-order valence-electron chi connectivity index (χ0n) is 16.8. The van der Waals surface area contributed by atoms with E-state index >= 15 is 0 Å². The molecule has 1 atom stereocenters. The largest absolute Gasteiger partial charge is 0.493 e. The van der Waals surface area contributed by atoms with Crippen LogP contribution in [0.3, 0.4) is 0 Å². The van der Waals surface area contributed by atoms with Crippen LogP contribution in [0.25, 0.3) is 6.08 Å². The second kappa shape index (κ2) is 9.53. The Balaban J connectivity index is 1.81. The van der Waals surface area contributed by atoms with E-state index in [-0.39, 0.29) is 22.6 Å². The standard InChI is InChI=1S/C22H21ClFNO4S/c1-4-13(2)29-18-8-5-14(9-19(18)28-3)10-20-21(26)25(22(27)30-20)12-15-6-7-16(24)11-17(15)23/h5-11,13H,4,12H2,1-3H3/b20-10-/t13-/m1/s1. The Bertz CT molecular complexity index is 1010. The first-order valence-corrected chi connectivity index (χ1v) is 10.6. The number of carbonyl (C=O) groups excluding carboxylic acids is 2. The maximum absolute atomic E-state index is 13.2. The molecule has 1 saturated heterocycles. The molecule has 0 N–H and O–H groups in total. The molecule has 0 saturated carbocycles. The molecule has 0 spiro atoms. The van der Waals surface area contributed by atoms with Crippen LogP contribution >= 0.6 is 23.4 Å². The van der Waals surface area contributed by atoms with Crippen LogP contribution in [0.2, 0.25) is 5.02 Å². The molecule has 0 unspecified atom stereocenters. The number of methoxy groups -OCH3 is 1. The molecule has 2 aromatic carbocycles. The third kappa shape index (κ3) is 4.96. The minimum atomic E-state index is -0.479. The molecule has 158 valence electrons. The average molecular weight is 450 g/mol. The van der Waals surface area contributed by atoms with E-state index in [2.05, 4.69) is 0 Å². The summed E-state index contributed by atoms with van der Waals surface area (Å²) in [5.74, 6) is 0.251. The normalized spacial score (nSPS) is 16.3. The summed E-state index contributed by atoms with van der Waals surface area (Å²) in [6.07, 6.45) is 2.53. The van der Waals surface area contributed by atoms with E-state index in [1.807, 2.05) is 13.8 Å². The molecule has 8 heteroatoms. The first kappa shape index (κ1) is 22.2. The van der Waals surface area contributed by atoms with E-state index in [0.717, 1.165) is 29.1 Å². The van der Waals surface area contributed by atoms with Gasteiger partial charge in [0.05, 0.1) is 24.7 Å². The average Bonchev–Trinajstić information content (AvgIpc) is 2.98. The van der Waals surface area contributed by atoms with Gasteiger partial charge in [-0.1, -0.05) is 30.7 Å². The summed E-state index contributed by atoms with van der Waals surface area (Å²) in [7, 11) is 1.54. The van der Waals surface area contributed by atoms with Gasteiger partial charge in [0.15, 0.2) is 11.5 Å². The smallest absolute Gasteiger partial charge is 0.293 e. The molecule has 0 aromatic heterocycles. The van der Waals surface area contributed by atoms with Crippen molar-refractivity contribution in [2.45, 2.75) is 32.9 Å². The fourth-order valence-corrected chi connectivity index (χ4v) is 3.84. The number of benzene rings is 2. The number of rotatable bonds is 7. The van der Waals surface area contributed by atoms with Crippen molar-refractivity contribution in [3.8, 4) is 11.5 Å². The molecule has 1 aliphatic heterocycles. The molecule has 30 heavy (non-hydrogen) atoms. The second-order valence-electron chi connectivity index (χ2n) is 6.75. The fraction of sp³-hybridized carbons (Fsp3) is 0.273. The molecule has 1 aliphatic rings. The summed E-state index contributed by atoms with van der Waals surface area (Å²) in [6.45, 7) is 3.98. The number of hydrogen-bond donors (Lipinski definition) is 0. The summed E-state index contributed by atoms with van der Waals surface area (Å²) in [6, 6.07) is 9.19. The number of hydrogen-bond acceptors (Lipinski definition) is 5. The van der Waals surface area contributed by atoms with Crippen molar-refractivity contribution in [2.24, 2.45) is 0 Å². The number of imide groups is 1. The van der Waals surface area contributed by atoms with E-state index in [1.165, 1.54) is 12.1 Å². The van der Waals surface area contributed by atoms with Gasteiger partial charge in [-0.2, -0.15) is 0 Å². The third-order valence-corrected chi connectivity index (χ3v) is 5.86. The molecule has 0 aliphatic carbocycles. The minimum absolute atomic E-state index is 0.0217. The van der Waals surface area contributed by atoms with Crippen LogP contribution in [0.1, 0.15) is 31.4 Å². The molecular formula is C22H21ClFNO4S. The van der Waals surface area contributed by atoms with Crippen molar-refractivity contribution >= 4 is 40.6 Å². The number of thioether (sulfide) groups is 1. The van der Waals surface area contributed by atoms with Crippen molar-refractivity contribution in [3.05, 3.63) is 63.3 Å². The highest BCUT2D eigenvalue weighted by molar-refractivity contribution is 8.18. The minimum Gasteiger partial charge on any atom is -0.493 e. The summed E-state index contributed by atoms with van der Waals surface area (Å²) in [4.78, 5) is 26.5.